The number of hydrogen-bond donors (Lipinski definition) is 2. The number of carbonyl (C=O) groups is 2. The fraction of sp³-hybridized carbons (Fsp3) is 0.462. The van der Waals surface area contributed by atoms with E-state index >= 15 is 0 Å². The van der Waals surface area contributed by atoms with E-state index in [-0.39, 0.29) is 6.42 Å². The molecule has 0 bridgehead atoms. The number of aromatic nitrogens is 1. The molecule has 2 N–H and O–H groups in total. The Kier molecular flexibility index (Phi) is 5.50. The van der Waals surface area contributed by atoms with Gasteiger partial charge in [0.2, 0.25) is 0 Å². The van der Waals surface area contributed by atoms with Crippen LogP contribution in [0.3, 0.4) is 0 Å². The molecule has 0 fully saturated rings. The lowest BCUT2D eigenvalue weighted by atomic mass is 10.1. The number of carboxylic acids is 1. The van der Waals surface area contributed by atoms with Gasteiger partial charge < -0.3 is 15.2 Å². The minimum Gasteiger partial charge on any atom is -0.481 e. The van der Waals surface area contributed by atoms with Gasteiger partial charge in [0, 0.05) is 10.7 Å². The van der Waals surface area contributed by atoms with Crippen LogP contribution < -0.4 is 5.32 Å². The third-order valence-electron chi connectivity index (χ3n) is 2.18. The summed E-state index contributed by atoms with van der Waals surface area (Å²) in [5.41, 5.74) is -0.188. The summed E-state index contributed by atoms with van der Waals surface area (Å²) in [6.07, 6.45) is 0.600. The molecule has 0 aliphatic carbocycles. The maximum Gasteiger partial charge on any atom is 0.408 e. The van der Waals surface area contributed by atoms with E-state index in [0.717, 1.165) is 4.47 Å². The topological polar surface area (TPSA) is 88.5 Å². The monoisotopic (exact) mass is 344 g/mol. The summed E-state index contributed by atoms with van der Waals surface area (Å²) < 4.78 is 5.89. The number of aliphatic carboxylic acids is 1. The number of alkyl carbamates (subject to hydrolysis) is 1. The standard InChI is InChI=1S/C13H17BrN2O4/c1-13(2,3)20-12(19)16-10(6-11(17)18)9-5-4-8(14)7-15-9/h4-5,7,10H,6H2,1-3H3,(H,16,19)(H,17,18)/t10-/m0/s1. The zero-order chi connectivity index (χ0) is 15.3. The van der Waals surface area contributed by atoms with Crippen molar-refractivity contribution in [2.45, 2.75) is 38.8 Å². The molecule has 0 radical (unpaired) electrons. The van der Waals surface area contributed by atoms with Crippen molar-refractivity contribution in [1.82, 2.24) is 10.3 Å². The van der Waals surface area contributed by atoms with Gasteiger partial charge in [-0.05, 0) is 48.8 Å². The molecule has 7 heteroatoms. The largest absolute Gasteiger partial charge is 0.481 e. The summed E-state index contributed by atoms with van der Waals surface area (Å²) in [6, 6.07) is 2.64. The van der Waals surface area contributed by atoms with Gasteiger partial charge in [-0.1, -0.05) is 0 Å². The fourth-order valence-electron chi connectivity index (χ4n) is 1.45. The van der Waals surface area contributed by atoms with Crippen LogP contribution in [0.5, 0.6) is 0 Å². The maximum atomic E-state index is 11.7. The molecule has 1 amide bonds. The first-order valence-electron chi connectivity index (χ1n) is 6.00. The summed E-state index contributed by atoms with van der Waals surface area (Å²) in [5.74, 6) is -1.03. The minimum atomic E-state index is -1.03. The van der Waals surface area contributed by atoms with Crippen LogP contribution in [-0.4, -0.2) is 27.8 Å². The van der Waals surface area contributed by atoms with Gasteiger partial charge in [-0.15, -0.1) is 0 Å². The van der Waals surface area contributed by atoms with E-state index in [1.54, 1.807) is 39.1 Å². The third kappa shape index (κ3) is 6.01. The quantitative estimate of drug-likeness (QED) is 0.876. The molecule has 1 atom stereocenters. The van der Waals surface area contributed by atoms with Gasteiger partial charge in [-0.3, -0.25) is 9.78 Å². The van der Waals surface area contributed by atoms with Crippen LogP contribution >= 0.6 is 15.9 Å². The molecule has 1 heterocycles. The average molecular weight is 345 g/mol. The molecule has 0 aliphatic heterocycles. The first kappa shape index (κ1) is 16.4. The number of ether oxygens (including phenoxy) is 1. The SMILES string of the molecule is CC(C)(C)OC(=O)N[C@@H](CC(=O)O)c1ccc(Br)cn1. The molecule has 0 aromatic carbocycles. The fourth-order valence-corrected chi connectivity index (χ4v) is 1.68. The Morgan fingerprint density at radius 3 is 2.55 bits per heavy atom. The van der Waals surface area contributed by atoms with Crippen molar-refractivity contribution >= 4 is 28.0 Å². The molecule has 0 unspecified atom stereocenters. The molecule has 6 nitrogen and oxygen atoms in total. The van der Waals surface area contributed by atoms with Gasteiger partial charge in [0.1, 0.15) is 5.60 Å². The summed E-state index contributed by atoms with van der Waals surface area (Å²) in [4.78, 5) is 26.7. The van der Waals surface area contributed by atoms with Crippen LogP contribution in [0, 0.1) is 0 Å². The molecular formula is C13H17BrN2O4. The van der Waals surface area contributed by atoms with Gasteiger partial charge >= 0.3 is 12.1 Å². The van der Waals surface area contributed by atoms with Crippen molar-refractivity contribution in [3.63, 3.8) is 0 Å². The Bertz CT molecular complexity index is 482. The predicted molar refractivity (Wildman–Crippen MR) is 76.3 cm³/mol. The predicted octanol–water partition coefficient (Wildman–Crippen LogP) is 2.88. The van der Waals surface area contributed by atoms with Crippen molar-refractivity contribution in [3.8, 4) is 0 Å². The summed E-state index contributed by atoms with van der Waals surface area (Å²) in [7, 11) is 0. The second-order valence-electron chi connectivity index (χ2n) is 5.20. The highest BCUT2D eigenvalue weighted by Gasteiger charge is 2.23. The number of nitrogens with zero attached hydrogens (tertiary/aromatic N) is 1. The third-order valence-corrected chi connectivity index (χ3v) is 2.65. The number of halogens is 1. The second kappa shape index (κ2) is 6.69. The normalized spacial score (nSPS) is 12.6. The number of carbonyl (C=O) groups excluding carboxylic acids is 1. The number of carboxylic acid groups (broad SMARTS) is 1. The zero-order valence-corrected chi connectivity index (χ0v) is 13.1. The lowest BCUT2D eigenvalue weighted by molar-refractivity contribution is -0.137. The number of pyridine rings is 1. The maximum absolute atomic E-state index is 11.7. The Morgan fingerprint density at radius 1 is 1.45 bits per heavy atom. The molecule has 1 rings (SSSR count). The number of nitrogens with one attached hydrogen (secondary N) is 1. The van der Waals surface area contributed by atoms with E-state index in [4.69, 9.17) is 9.84 Å². The van der Waals surface area contributed by atoms with Crippen molar-refractivity contribution < 1.29 is 19.4 Å². The lowest BCUT2D eigenvalue weighted by Gasteiger charge is -2.22. The van der Waals surface area contributed by atoms with Crippen LogP contribution in [-0.2, 0) is 9.53 Å². The first-order valence-corrected chi connectivity index (χ1v) is 6.79. The van der Waals surface area contributed by atoms with Crippen molar-refractivity contribution in [3.05, 3.63) is 28.5 Å². The van der Waals surface area contributed by atoms with Gasteiger partial charge in [-0.2, -0.15) is 0 Å². The average Bonchev–Trinajstić information content (AvgIpc) is 2.25. The highest BCUT2D eigenvalue weighted by Crippen LogP contribution is 2.18. The van der Waals surface area contributed by atoms with Gasteiger partial charge in [0.25, 0.3) is 0 Å². The molecule has 0 saturated carbocycles. The number of hydrogen-bond acceptors (Lipinski definition) is 4. The van der Waals surface area contributed by atoms with Crippen LogP contribution in [0.25, 0.3) is 0 Å². The van der Waals surface area contributed by atoms with E-state index in [1.807, 2.05) is 0 Å². The van der Waals surface area contributed by atoms with Crippen molar-refractivity contribution in [2.24, 2.45) is 0 Å². The van der Waals surface area contributed by atoms with Crippen LogP contribution in [0.15, 0.2) is 22.8 Å². The zero-order valence-electron chi connectivity index (χ0n) is 11.5. The lowest BCUT2D eigenvalue weighted by Crippen LogP contribution is -2.36. The van der Waals surface area contributed by atoms with Gasteiger partial charge in [-0.25, -0.2) is 4.79 Å². The number of rotatable bonds is 4. The Morgan fingerprint density at radius 2 is 2.10 bits per heavy atom. The molecule has 20 heavy (non-hydrogen) atoms. The Hall–Kier alpha value is -1.63. The van der Waals surface area contributed by atoms with Crippen molar-refractivity contribution in [2.75, 3.05) is 0 Å². The van der Waals surface area contributed by atoms with Crippen LogP contribution in [0.4, 0.5) is 4.79 Å². The molecule has 0 saturated heterocycles. The molecule has 110 valence electrons. The molecule has 0 aliphatic rings. The van der Waals surface area contributed by atoms with Gasteiger partial charge in [0.05, 0.1) is 18.2 Å². The van der Waals surface area contributed by atoms with E-state index in [0.29, 0.717) is 5.69 Å². The summed E-state index contributed by atoms with van der Waals surface area (Å²) in [5, 5.41) is 11.4. The molecular weight excluding hydrogens is 328 g/mol. The Labute approximate surface area is 125 Å². The minimum absolute atomic E-state index is 0.270. The second-order valence-corrected chi connectivity index (χ2v) is 6.11. The molecule has 1 aromatic heterocycles. The smallest absolute Gasteiger partial charge is 0.408 e. The highest BCUT2D eigenvalue weighted by molar-refractivity contribution is 9.10. The van der Waals surface area contributed by atoms with Crippen molar-refractivity contribution in [1.29, 1.82) is 0 Å². The summed E-state index contributed by atoms with van der Waals surface area (Å²) >= 11 is 3.25. The van der Waals surface area contributed by atoms with E-state index < -0.39 is 23.7 Å². The van der Waals surface area contributed by atoms with Crippen LogP contribution in [0.2, 0.25) is 0 Å². The molecule has 0 spiro atoms. The summed E-state index contributed by atoms with van der Waals surface area (Å²) in [6.45, 7) is 5.20. The van der Waals surface area contributed by atoms with E-state index in [1.165, 1.54) is 0 Å². The highest BCUT2D eigenvalue weighted by atomic mass is 79.9. The first-order chi connectivity index (χ1) is 9.17. The van der Waals surface area contributed by atoms with Gasteiger partial charge in [0.15, 0.2) is 0 Å². The van der Waals surface area contributed by atoms with Crippen LogP contribution in [0.1, 0.15) is 38.9 Å². The Balaban J connectivity index is 2.82. The number of amides is 1. The van der Waals surface area contributed by atoms with E-state index in [9.17, 15) is 9.59 Å². The molecule has 1 aromatic rings. The van der Waals surface area contributed by atoms with E-state index in [2.05, 4.69) is 26.2 Å².